The van der Waals surface area contributed by atoms with Crippen molar-refractivity contribution in [3.8, 4) is 0 Å². The number of amides is 1. The molecule has 1 saturated heterocycles. The summed E-state index contributed by atoms with van der Waals surface area (Å²) in [6.45, 7) is 7.12. The van der Waals surface area contributed by atoms with Gasteiger partial charge in [0.25, 0.3) is 0 Å². The second-order valence-corrected chi connectivity index (χ2v) is 8.38. The maximum atomic E-state index is 12.1. The fraction of sp³-hybridized carbons (Fsp3) is 0.786. The number of carbonyl (C=O) groups excluding carboxylic acids is 1. The summed E-state index contributed by atoms with van der Waals surface area (Å²) in [5, 5.41) is 3.73. The summed E-state index contributed by atoms with van der Waals surface area (Å²) >= 11 is 0. The first-order valence-corrected chi connectivity index (χ1v) is 9.39. The monoisotopic (exact) mass is 329 g/mol. The zero-order chi connectivity index (χ0) is 16.3. The van der Waals surface area contributed by atoms with Crippen molar-refractivity contribution in [3.63, 3.8) is 0 Å². The first kappa shape index (κ1) is 16.9. The molecule has 0 bridgehead atoms. The van der Waals surface area contributed by atoms with Crippen LogP contribution in [0.3, 0.4) is 0 Å². The van der Waals surface area contributed by atoms with Crippen LogP contribution in [0.1, 0.15) is 51.2 Å². The van der Waals surface area contributed by atoms with Crippen LogP contribution in [-0.4, -0.2) is 48.2 Å². The van der Waals surface area contributed by atoms with Crippen LogP contribution < -0.4 is 0 Å². The zero-order valence-corrected chi connectivity index (χ0v) is 14.1. The molecule has 0 spiro atoms. The van der Waals surface area contributed by atoms with Crippen LogP contribution in [0.5, 0.6) is 0 Å². The average Bonchev–Trinajstić information content (AvgIpc) is 2.86. The van der Waals surface area contributed by atoms with Crippen LogP contribution >= 0.6 is 0 Å². The number of aromatic nitrogens is 2. The molecule has 0 radical (unpaired) electrons. The van der Waals surface area contributed by atoms with E-state index in [4.69, 9.17) is 4.52 Å². The normalized spacial score (nSPS) is 19.6. The van der Waals surface area contributed by atoms with Gasteiger partial charge in [-0.05, 0) is 18.8 Å². The minimum absolute atomic E-state index is 0.0449. The summed E-state index contributed by atoms with van der Waals surface area (Å²) in [4.78, 5) is 17.8. The summed E-state index contributed by atoms with van der Waals surface area (Å²) in [6.07, 6.45) is 2.00. The van der Waals surface area contributed by atoms with Crippen molar-refractivity contribution < 1.29 is 17.7 Å². The maximum absolute atomic E-state index is 12.1. The summed E-state index contributed by atoms with van der Waals surface area (Å²) < 4.78 is 29.2. The summed E-state index contributed by atoms with van der Waals surface area (Å²) in [5.74, 6) is -0.220. The molecule has 1 unspecified atom stereocenters. The fourth-order valence-corrected chi connectivity index (χ4v) is 3.65. The molecule has 1 atom stereocenters. The molecule has 1 fully saturated rings. The molecule has 1 aliphatic rings. The van der Waals surface area contributed by atoms with Gasteiger partial charge in [-0.25, -0.2) is 8.42 Å². The first-order chi connectivity index (χ1) is 10.3. The van der Waals surface area contributed by atoms with Gasteiger partial charge in [-0.15, -0.1) is 0 Å². The smallest absolute Gasteiger partial charge is 0.241 e. The highest BCUT2D eigenvalue weighted by Gasteiger charge is 2.27. The van der Waals surface area contributed by atoms with Crippen LogP contribution in [0.4, 0.5) is 0 Å². The number of hydrogen-bond acceptors (Lipinski definition) is 6. The van der Waals surface area contributed by atoms with Crippen molar-refractivity contribution in [2.75, 3.05) is 18.8 Å². The highest BCUT2D eigenvalue weighted by Crippen LogP contribution is 2.17. The maximum Gasteiger partial charge on any atom is 0.241 e. The number of sulfone groups is 1. The molecule has 8 heteroatoms. The third kappa shape index (κ3) is 4.53. The second-order valence-electron chi connectivity index (χ2n) is 6.32. The molecule has 7 nitrogen and oxygen atoms in total. The number of hydrogen-bond donors (Lipinski definition) is 0. The topological polar surface area (TPSA) is 93.4 Å². The molecule has 124 valence electrons. The van der Waals surface area contributed by atoms with Crippen molar-refractivity contribution in [1.29, 1.82) is 0 Å². The Kier molecular flexibility index (Phi) is 5.20. The molecule has 0 aromatic carbocycles. The van der Waals surface area contributed by atoms with Crippen molar-refractivity contribution in [1.82, 2.24) is 15.0 Å². The summed E-state index contributed by atoms with van der Waals surface area (Å²) in [7, 11) is -3.60. The lowest BCUT2D eigenvalue weighted by Crippen LogP contribution is -2.42. The average molecular weight is 329 g/mol. The lowest BCUT2D eigenvalue weighted by molar-refractivity contribution is -0.130. The third-order valence-electron chi connectivity index (χ3n) is 3.70. The van der Waals surface area contributed by atoms with Gasteiger partial charge < -0.3 is 9.42 Å². The van der Waals surface area contributed by atoms with Crippen molar-refractivity contribution in [2.45, 2.75) is 45.3 Å². The molecule has 1 aliphatic heterocycles. The fourth-order valence-electron chi connectivity index (χ4n) is 2.50. The summed E-state index contributed by atoms with van der Waals surface area (Å²) in [5.41, 5.74) is 0. The van der Waals surface area contributed by atoms with E-state index in [1.807, 2.05) is 13.8 Å². The Labute approximate surface area is 131 Å². The Morgan fingerprint density at radius 3 is 2.77 bits per heavy atom. The molecule has 22 heavy (non-hydrogen) atoms. The largest absolute Gasteiger partial charge is 0.342 e. The number of carbonyl (C=O) groups is 1. The zero-order valence-electron chi connectivity index (χ0n) is 13.3. The third-order valence-corrected chi connectivity index (χ3v) is 5.07. The molecule has 0 saturated carbocycles. The van der Waals surface area contributed by atoms with E-state index in [1.54, 1.807) is 4.90 Å². The number of rotatable bonds is 5. The van der Waals surface area contributed by atoms with Crippen molar-refractivity contribution >= 4 is 15.7 Å². The van der Waals surface area contributed by atoms with Crippen molar-refractivity contribution in [3.05, 3.63) is 11.7 Å². The predicted molar refractivity (Wildman–Crippen MR) is 80.9 cm³/mol. The van der Waals surface area contributed by atoms with Gasteiger partial charge in [0.15, 0.2) is 15.7 Å². The molecular formula is C14H23N3O4S. The van der Waals surface area contributed by atoms with E-state index in [1.165, 1.54) is 0 Å². The molecule has 1 amide bonds. The van der Waals surface area contributed by atoms with Gasteiger partial charge in [-0.1, -0.05) is 25.9 Å². The Balaban J connectivity index is 1.96. The van der Waals surface area contributed by atoms with Gasteiger partial charge in [0.2, 0.25) is 11.8 Å². The minimum Gasteiger partial charge on any atom is -0.342 e. The van der Waals surface area contributed by atoms with Crippen LogP contribution in [0.2, 0.25) is 0 Å². The van der Waals surface area contributed by atoms with Gasteiger partial charge in [0.1, 0.15) is 11.5 Å². The molecule has 1 aromatic rings. The van der Waals surface area contributed by atoms with Crippen molar-refractivity contribution in [2.24, 2.45) is 5.92 Å². The van der Waals surface area contributed by atoms with Gasteiger partial charge in [-0.2, -0.15) is 4.98 Å². The molecule has 2 heterocycles. The molecule has 0 aliphatic carbocycles. The lowest BCUT2D eigenvalue weighted by Gasteiger charge is -2.30. The second kappa shape index (κ2) is 6.76. The highest BCUT2D eigenvalue weighted by molar-refractivity contribution is 7.91. The van der Waals surface area contributed by atoms with Crippen LogP contribution in [0.25, 0.3) is 0 Å². The number of likely N-dealkylation sites (tertiary alicyclic amines) is 1. The molecule has 1 aromatic heterocycles. The van der Waals surface area contributed by atoms with E-state index in [0.29, 0.717) is 24.8 Å². The SMILES string of the molecule is CC1CCCN(C(=O)CS(=O)(=O)Cc2nc(C(C)C)no2)C1. The van der Waals surface area contributed by atoms with Gasteiger partial charge in [-0.3, -0.25) is 4.79 Å². The Morgan fingerprint density at radius 1 is 1.45 bits per heavy atom. The van der Waals surface area contributed by atoms with E-state index in [2.05, 4.69) is 17.1 Å². The van der Waals surface area contributed by atoms with Crippen LogP contribution in [0.15, 0.2) is 4.52 Å². The highest BCUT2D eigenvalue weighted by atomic mass is 32.2. The Hall–Kier alpha value is -1.44. The molecule has 2 rings (SSSR count). The number of piperidine rings is 1. The predicted octanol–water partition coefficient (Wildman–Crippen LogP) is 1.37. The van der Waals surface area contributed by atoms with Gasteiger partial charge >= 0.3 is 0 Å². The van der Waals surface area contributed by atoms with E-state index in [9.17, 15) is 13.2 Å². The molecule has 0 N–H and O–H groups in total. The number of nitrogens with zero attached hydrogens (tertiary/aromatic N) is 3. The van der Waals surface area contributed by atoms with Crippen LogP contribution in [-0.2, 0) is 20.4 Å². The standard InChI is InChI=1S/C14H23N3O4S/c1-10(2)14-15-12(21-16-14)8-22(19,20)9-13(18)17-6-4-5-11(3)7-17/h10-11H,4-9H2,1-3H3. The Morgan fingerprint density at radius 2 is 2.18 bits per heavy atom. The van der Waals surface area contributed by atoms with Crippen LogP contribution in [0, 0.1) is 5.92 Å². The van der Waals surface area contributed by atoms with Gasteiger partial charge in [0.05, 0.1) is 0 Å². The van der Waals surface area contributed by atoms with E-state index in [-0.39, 0.29) is 23.5 Å². The van der Waals surface area contributed by atoms with Gasteiger partial charge in [0, 0.05) is 19.0 Å². The quantitative estimate of drug-likeness (QED) is 0.810. The summed E-state index contributed by atoms with van der Waals surface area (Å²) in [6, 6.07) is 0. The minimum atomic E-state index is -3.60. The Bertz CT molecular complexity index is 624. The first-order valence-electron chi connectivity index (χ1n) is 7.57. The van der Waals surface area contributed by atoms with E-state index >= 15 is 0 Å². The van der Waals surface area contributed by atoms with E-state index in [0.717, 1.165) is 12.8 Å². The molecular weight excluding hydrogens is 306 g/mol. The van der Waals surface area contributed by atoms with E-state index < -0.39 is 15.6 Å². The lowest BCUT2D eigenvalue weighted by atomic mass is 10.0.